The quantitative estimate of drug-likeness (QED) is 0.278. The maximum Gasteiger partial charge on any atom is 0.333 e. The molecule has 0 unspecified atom stereocenters. The molecule has 2 aromatic heterocycles. The first kappa shape index (κ1) is 25.7. The summed E-state index contributed by atoms with van der Waals surface area (Å²) in [6.45, 7) is 1.49. The molecule has 0 atom stereocenters. The third-order valence-electron chi connectivity index (χ3n) is 5.38. The molecule has 4 N–H and O–H groups in total. The number of carbonyl (C=O) groups is 1. The number of urea groups is 1. The molecule has 16 heteroatoms. The van der Waals surface area contributed by atoms with E-state index in [0.29, 0.717) is 5.39 Å². The average molecular weight is 594 g/mol. The van der Waals surface area contributed by atoms with Crippen LogP contribution in [0.15, 0.2) is 72.9 Å². The highest BCUT2D eigenvalue weighted by Crippen LogP contribution is 2.35. The summed E-state index contributed by atoms with van der Waals surface area (Å²) in [7, 11) is -8.12. The number of hydrogen-bond acceptors (Lipinski definition) is 9. The van der Waals surface area contributed by atoms with Crippen LogP contribution in [-0.4, -0.2) is 38.4 Å². The molecule has 0 saturated heterocycles. The SMILES string of the molecule is CC1=NS(=O)(=O)c2cc3c(O)n(-c4ccc(NC(=O)NS(=O)(=O)c5ccc(Cl)s5)cc4)c(=O)cc3cc2N1. The van der Waals surface area contributed by atoms with Crippen LogP contribution in [0, 0.1) is 0 Å². The number of pyridine rings is 1. The van der Waals surface area contributed by atoms with Crippen molar-refractivity contribution in [2.45, 2.75) is 16.0 Å². The Bertz CT molecular complexity index is 1950. The van der Waals surface area contributed by atoms with E-state index in [1.807, 2.05) is 4.72 Å². The second kappa shape index (κ2) is 9.13. The number of nitrogens with one attached hydrogen (secondary N) is 3. The Morgan fingerprint density at radius 3 is 2.50 bits per heavy atom. The van der Waals surface area contributed by atoms with E-state index in [-0.39, 0.29) is 41.7 Å². The van der Waals surface area contributed by atoms with Gasteiger partial charge in [0.25, 0.3) is 25.6 Å². The second-order valence-corrected chi connectivity index (χ2v) is 13.2. The zero-order valence-corrected chi connectivity index (χ0v) is 22.3. The van der Waals surface area contributed by atoms with E-state index in [0.717, 1.165) is 15.9 Å². The third-order valence-corrected chi connectivity index (χ3v) is 9.84. The number of halogens is 1. The number of aromatic nitrogens is 1. The summed E-state index contributed by atoms with van der Waals surface area (Å²) in [5.41, 5.74) is 0.0323. The molecule has 0 fully saturated rings. The van der Waals surface area contributed by atoms with E-state index in [1.165, 1.54) is 61.5 Å². The fraction of sp³-hybridized carbons (Fsp3) is 0.0455. The van der Waals surface area contributed by atoms with Gasteiger partial charge in [0.2, 0.25) is 5.88 Å². The molecule has 0 spiro atoms. The van der Waals surface area contributed by atoms with Crippen molar-refractivity contribution in [3.05, 3.63) is 69.3 Å². The van der Waals surface area contributed by atoms with Crippen molar-refractivity contribution in [1.29, 1.82) is 0 Å². The lowest BCUT2D eigenvalue weighted by molar-refractivity contribution is 0.256. The molecule has 1 aliphatic heterocycles. The van der Waals surface area contributed by atoms with E-state index in [4.69, 9.17) is 11.6 Å². The molecule has 0 bridgehead atoms. The van der Waals surface area contributed by atoms with Gasteiger partial charge in [-0.25, -0.2) is 22.5 Å². The summed E-state index contributed by atoms with van der Waals surface area (Å²) in [5.74, 6) is -0.332. The van der Waals surface area contributed by atoms with Crippen molar-refractivity contribution < 1.29 is 26.7 Å². The molecule has 4 aromatic rings. The number of rotatable bonds is 4. The molecule has 0 aliphatic carbocycles. The molecule has 5 rings (SSSR count). The standard InChI is InChI=1S/C22H16ClN5O7S3/c1-11-24-16-8-12-9-19(29)28(21(30)15(12)10-17(16)37(32,33)26-11)14-4-2-13(3-5-14)25-22(31)27-38(34,35)20-7-6-18(23)36-20/h2-10,30H,1H3,(H,24,26)(H2,25,27,31). The van der Waals surface area contributed by atoms with Gasteiger partial charge in [-0.2, -0.15) is 8.42 Å². The maximum absolute atomic E-state index is 12.9. The van der Waals surface area contributed by atoms with Crippen molar-refractivity contribution in [2.24, 2.45) is 4.40 Å². The molecule has 2 amide bonds. The lowest BCUT2D eigenvalue weighted by atomic mass is 10.1. The number of anilines is 2. The van der Waals surface area contributed by atoms with Crippen LogP contribution < -0.4 is 20.9 Å². The minimum atomic E-state index is -4.12. The summed E-state index contributed by atoms with van der Waals surface area (Å²) < 4.78 is 56.1. The molecule has 1 aliphatic rings. The Kier molecular flexibility index (Phi) is 6.18. The Morgan fingerprint density at radius 2 is 1.84 bits per heavy atom. The summed E-state index contributed by atoms with van der Waals surface area (Å²) in [5, 5.41) is 16.5. The van der Waals surface area contributed by atoms with Crippen LogP contribution in [0.1, 0.15) is 6.92 Å². The van der Waals surface area contributed by atoms with E-state index in [2.05, 4.69) is 15.0 Å². The summed E-state index contributed by atoms with van der Waals surface area (Å²) >= 11 is 6.54. The van der Waals surface area contributed by atoms with Gasteiger partial charge in [-0.15, -0.1) is 15.7 Å². The van der Waals surface area contributed by atoms with Gasteiger partial charge in [-0.05, 0) is 60.8 Å². The van der Waals surface area contributed by atoms with Crippen LogP contribution in [0.2, 0.25) is 4.34 Å². The van der Waals surface area contributed by atoms with Crippen LogP contribution in [0.3, 0.4) is 0 Å². The fourth-order valence-electron chi connectivity index (χ4n) is 3.80. The Balaban J connectivity index is 1.43. The Morgan fingerprint density at radius 1 is 1.13 bits per heavy atom. The highest BCUT2D eigenvalue weighted by atomic mass is 35.5. The molecular formula is C22H16ClN5O7S3. The van der Waals surface area contributed by atoms with E-state index < -0.39 is 37.5 Å². The van der Waals surface area contributed by atoms with Crippen LogP contribution in [-0.2, 0) is 20.0 Å². The van der Waals surface area contributed by atoms with Gasteiger partial charge in [-0.1, -0.05) is 11.6 Å². The first-order chi connectivity index (χ1) is 17.8. The number of benzene rings is 2. The predicted octanol–water partition coefficient (Wildman–Crippen LogP) is 3.45. The molecule has 0 saturated carbocycles. The number of sulfonamides is 2. The van der Waals surface area contributed by atoms with Crippen LogP contribution >= 0.6 is 22.9 Å². The topological polar surface area (TPSA) is 176 Å². The predicted molar refractivity (Wildman–Crippen MR) is 144 cm³/mol. The first-order valence-corrected chi connectivity index (χ1v) is 14.7. The van der Waals surface area contributed by atoms with Gasteiger partial charge in [0.05, 0.1) is 15.7 Å². The normalized spacial score (nSPS) is 14.3. The summed E-state index contributed by atoms with van der Waals surface area (Å²) in [4.78, 5) is 24.9. The lowest BCUT2D eigenvalue weighted by Crippen LogP contribution is -2.33. The van der Waals surface area contributed by atoms with Crippen molar-refractivity contribution in [1.82, 2.24) is 9.29 Å². The van der Waals surface area contributed by atoms with Gasteiger partial charge in [-0.3, -0.25) is 4.79 Å². The number of amides is 2. The van der Waals surface area contributed by atoms with Crippen molar-refractivity contribution in [3.8, 4) is 11.6 Å². The third kappa shape index (κ3) is 4.71. The minimum absolute atomic E-state index is 0.101. The minimum Gasteiger partial charge on any atom is -0.494 e. The number of amidine groups is 1. The highest BCUT2D eigenvalue weighted by Gasteiger charge is 2.26. The van der Waals surface area contributed by atoms with Gasteiger partial charge in [0.1, 0.15) is 14.9 Å². The summed E-state index contributed by atoms with van der Waals surface area (Å²) in [6, 6.07) is 11.1. The van der Waals surface area contributed by atoms with Crippen LogP contribution in [0.25, 0.3) is 16.5 Å². The van der Waals surface area contributed by atoms with Gasteiger partial charge >= 0.3 is 6.03 Å². The molecule has 2 aromatic carbocycles. The van der Waals surface area contributed by atoms with E-state index in [1.54, 1.807) is 0 Å². The molecule has 196 valence electrons. The van der Waals surface area contributed by atoms with Gasteiger partial charge < -0.3 is 15.7 Å². The Hall–Kier alpha value is -3.92. The first-order valence-electron chi connectivity index (χ1n) is 10.5. The van der Waals surface area contributed by atoms with Crippen molar-refractivity contribution >= 4 is 77.0 Å². The maximum atomic E-state index is 12.9. The van der Waals surface area contributed by atoms with Crippen LogP contribution in [0.5, 0.6) is 5.88 Å². The van der Waals surface area contributed by atoms with Gasteiger partial charge in [0, 0.05) is 17.1 Å². The number of fused-ring (bicyclic) bond motifs is 2. The molecule has 3 heterocycles. The molecule has 0 radical (unpaired) electrons. The second-order valence-electron chi connectivity index (χ2n) is 8.02. The fourth-order valence-corrected chi connectivity index (χ4v) is 7.35. The largest absolute Gasteiger partial charge is 0.494 e. The highest BCUT2D eigenvalue weighted by molar-refractivity contribution is 7.92. The summed E-state index contributed by atoms with van der Waals surface area (Å²) in [6.07, 6.45) is 0. The zero-order valence-electron chi connectivity index (χ0n) is 19.1. The lowest BCUT2D eigenvalue weighted by Gasteiger charge is -2.18. The zero-order chi connectivity index (χ0) is 27.4. The smallest absolute Gasteiger partial charge is 0.333 e. The van der Waals surface area contributed by atoms with Gasteiger partial charge in [0.15, 0.2) is 0 Å². The van der Waals surface area contributed by atoms with Crippen molar-refractivity contribution in [2.75, 3.05) is 10.6 Å². The number of hydrogen-bond donors (Lipinski definition) is 4. The Labute approximate surface area is 224 Å². The number of carbonyl (C=O) groups excluding carboxylic acids is 1. The van der Waals surface area contributed by atoms with E-state index >= 15 is 0 Å². The average Bonchev–Trinajstić information content (AvgIpc) is 3.26. The molecule has 38 heavy (non-hydrogen) atoms. The van der Waals surface area contributed by atoms with E-state index in [9.17, 15) is 31.5 Å². The van der Waals surface area contributed by atoms with Crippen LogP contribution in [0.4, 0.5) is 16.2 Å². The number of nitrogens with zero attached hydrogens (tertiary/aromatic N) is 2. The monoisotopic (exact) mass is 593 g/mol. The van der Waals surface area contributed by atoms with Crippen molar-refractivity contribution in [3.63, 3.8) is 0 Å². The molecule has 12 nitrogen and oxygen atoms in total. The number of aromatic hydroxyl groups is 1. The molecular weight excluding hydrogens is 578 g/mol. The number of thiophene rings is 1.